The summed E-state index contributed by atoms with van der Waals surface area (Å²) in [5, 5.41) is 5.47. The minimum absolute atomic E-state index is 0.226. The number of aromatic nitrogens is 1. The first-order valence-corrected chi connectivity index (χ1v) is 11.4. The van der Waals surface area contributed by atoms with Gasteiger partial charge in [0.2, 0.25) is 5.89 Å². The van der Waals surface area contributed by atoms with Crippen LogP contribution in [0.1, 0.15) is 42.1 Å². The van der Waals surface area contributed by atoms with Gasteiger partial charge >= 0.3 is 0 Å². The van der Waals surface area contributed by atoms with Gasteiger partial charge in [-0.25, -0.2) is 4.98 Å². The third-order valence-corrected chi connectivity index (χ3v) is 6.40. The van der Waals surface area contributed by atoms with E-state index in [1.165, 1.54) is 5.56 Å². The lowest BCUT2D eigenvalue weighted by molar-refractivity contribution is 0.102. The van der Waals surface area contributed by atoms with Crippen molar-refractivity contribution >= 4 is 45.1 Å². The average Bonchev–Trinajstić information content (AvgIpc) is 3.28. The summed E-state index contributed by atoms with van der Waals surface area (Å²) in [5.74, 6) is 0.724. The lowest BCUT2D eigenvalue weighted by Gasteiger charge is -2.09. The molecule has 4 aromatic carbocycles. The van der Waals surface area contributed by atoms with Crippen molar-refractivity contribution in [3.05, 3.63) is 95.0 Å². The molecule has 0 spiro atoms. The molecule has 1 heterocycles. The number of carbonyl (C=O) groups excluding carboxylic acids is 1. The standard InChI is InChI=1S/C28H23ClN2O2/c1-3-17(2)19-11-13-26-25(15-19)31-28(33-26)22-10-12-23(29)24(16-22)30-27(32)21-9-8-18-6-4-5-7-20(18)14-21/h4-17H,3H2,1-2H3,(H,30,32)/t17-/m0/s1. The summed E-state index contributed by atoms with van der Waals surface area (Å²) in [6.07, 6.45) is 1.06. The Kier molecular flexibility index (Phi) is 5.61. The van der Waals surface area contributed by atoms with E-state index in [1.807, 2.05) is 54.6 Å². The second kappa shape index (κ2) is 8.72. The molecule has 0 aliphatic heterocycles. The molecule has 4 nitrogen and oxygen atoms in total. The maximum Gasteiger partial charge on any atom is 0.255 e. The number of nitrogens with one attached hydrogen (secondary N) is 1. The first kappa shape index (κ1) is 21.2. The van der Waals surface area contributed by atoms with Gasteiger partial charge in [0.1, 0.15) is 5.52 Å². The zero-order valence-corrected chi connectivity index (χ0v) is 19.2. The highest BCUT2D eigenvalue weighted by atomic mass is 35.5. The Morgan fingerprint density at radius 1 is 1.00 bits per heavy atom. The van der Waals surface area contributed by atoms with Gasteiger partial charge < -0.3 is 9.73 Å². The molecule has 1 atom stereocenters. The maximum absolute atomic E-state index is 12.9. The highest BCUT2D eigenvalue weighted by Crippen LogP contribution is 2.32. The molecule has 0 saturated carbocycles. The van der Waals surface area contributed by atoms with E-state index in [2.05, 4.69) is 36.3 Å². The van der Waals surface area contributed by atoms with E-state index in [9.17, 15) is 4.79 Å². The van der Waals surface area contributed by atoms with E-state index < -0.39 is 0 Å². The summed E-state index contributed by atoms with van der Waals surface area (Å²) in [4.78, 5) is 17.6. The fourth-order valence-corrected chi connectivity index (χ4v) is 4.05. The van der Waals surface area contributed by atoms with Gasteiger partial charge in [0.05, 0.1) is 10.7 Å². The number of hydrogen-bond donors (Lipinski definition) is 1. The smallest absolute Gasteiger partial charge is 0.255 e. The van der Waals surface area contributed by atoms with Crippen molar-refractivity contribution in [1.29, 1.82) is 0 Å². The van der Waals surface area contributed by atoms with Crippen LogP contribution in [0.25, 0.3) is 33.3 Å². The lowest BCUT2D eigenvalue weighted by atomic mass is 9.98. The zero-order chi connectivity index (χ0) is 22.9. The van der Waals surface area contributed by atoms with Crippen molar-refractivity contribution in [2.75, 3.05) is 5.32 Å². The second-order valence-corrected chi connectivity index (χ2v) is 8.67. The molecule has 5 aromatic rings. The summed E-state index contributed by atoms with van der Waals surface area (Å²) in [6.45, 7) is 4.37. The Bertz CT molecular complexity index is 1490. The van der Waals surface area contributed by atoms with Crippen LogP contribution in [-0.2, 0) is 0 Å². The van der Waals surface area contributed by atoms with Gasteiger partial charge in [0.25, 0.3) is 5.91 Å². The summed E-state index contributed by atoms with van der Waals surface area (Å²) in [7, 11) is 0. The normalized spacial score (nSPS) is 12.2. The number of rotatable bonds is 5. The van der Waals surface area contributed by atoms with Crippen molar-refractivity contribution in [3.8, 4) is 11.5 Å². The van der Waals surface area contributed by atoms with Crippen molar-refractivity contribution in [2.24, 2.45) is 0 Å². The highest BCUT2D eigenvalue weighted by molar-refractivity contribution is 6.34. The summed E-state index contributed by atoms with van der Waals surface area (Å²) >= 11 is 6.39. The largest absolute Gasteiger partial charge is 0.436 e. The average molecular weight is 455 g/mol. The summed E-state index contributed by atoms with van der Waals surface area (Å²) < 4.78 is 5.99. The van der Waals surface area contributed by atoms with Gasteiger partial charge in [0, 0.05) is 11.1 Å². The third-order valence-electron chi connectivity index (χ3n) is 6.07. The number of fused-ring (bicyclic) bond motifs is 2. The lowest BCUT2D eigenvalue weighted by Crippen LogP contribution is -2.12. The predicted molar refractivity (Wildman–Crippen MR) is 135 cm³/mol. The van der Waals surface area contributed by atoms with Crippen molar-refractivity contribution < 1.29 is 9.21 Å². The van der Waals surface area contributed by atoms with Crippen LogP contribution in [-0.4, -0.2) is 10.9 Å². The Morgan fingerprint density at radius 3 is 2.64 bits per heavy atom. The quantitative estimate of drug-likeness (QED) is 0.292. The summed E-state index contributed by atoms with van der Waals surface area (Å²) in [5.41, 5.74) is 4.61. The maximum atomic E-state index is 12.9. The Hall–Kier alpha value is -3.63. The Morgan fingerprint density at radius 2 is 1.82 bits per heavy atom. The molecule has 0 bridgehead atoms. The van der Waals surface area contributed by atoms with Gasteiger partial charge in [-0.2, -0.15) is 0 Å². The number of hydrogen-bond acceptors (Lipinski definition) is 3. The molecule has 5 rings (SSSR count). The molecule has 0 unspecified atom stereocenters. The van der Waals surface area contributed by atoms with E-state index in [-0.39, 0.29) is 5.91 Å². The molecule has 1 amide bonds. The van der Waals surface area contributed by atoms with Gasteiger partial charge in [0.15, 0.2) is 5.58 Å². The third kappa shape index (κ3) is 4.22. The number of carbonyl (C=O) groups is 1. The fourth-order valence-electron chi connectivity index (χ4n) is 3.89. The van der Waals surface area contributed by atoms with Crippen LogP contribution in [0, 0.1) is 0 Å². The molecule has 1 aromatic heterocycles. The number of benzene rings is 4. The van der Waals surface area contributed by atoms with Crippen LogP contribution in [0.5, 0.6) is 0 Å². The number of nitrogens with zero attached hydrogens (tertiary/aromatic N) is 1. The van der Waals surface area contributed by atoms with Crippen LogP contribution >= 0.6 is 11.6 Å². The SMILES string of the molecule is CC[C@H](C)c1ccc2oc(-c3ccc(Cl)c(NC(=O)c4ccc5ccccc5c4)c3)nc2c1. The fraction of sp³-hybridized carbons (Fsp3) is 0.143. The van der Waals surface area contributed by atoms with Gasteiger partial charge in [-0.3, -0.25) is 4.79 Å². The number of halogens is 1. The summed E-state index contributed by atoms with van der Waals surface area (Å²) in [6, 6.07) is 25.1. The van der Waals surface area contributed by atoms with E-state index in [0.717, 1.165) is 33.9 Å². The zero-order valence-electron chi connectivity index (χ0n) is 18.4. The predicted octanol–water partition coefficient (Wildman–Crippen LogP) is 8.07. The minimum atomic E-state index is -0.226. The molecule has 1 N–H and O–H groups in total. The molecule has 0 aliphatic carbocycles. The number of amides is 1. The van der Waals surface area contributed by atoms with Crippen molar-refractivity contribution in [1.82, 2.24) is 4.98 Å². The molecule has 0 radical (unpaired) electrons. The molecule has 33 heavy (non-hydrogen) atoms. The number of anilines is 1. The molecular formula is C28H23ClN2O2. The molecule has 0 fully saturated rings. The van der Waals surface area contributed by atoms with E-state index in [4.69, 9.17) is 16.0 Å². The van der Waals surface area contributed by atoms with Crippen LogP contribution in [0.15, 0.2) is 83.3 Å². The van der Waals surface area contributed by atoms with E-state index >= 15 is 0 Å². The van der Waals surface area contributed by atoms with Crippen LogP contribution in [0.2, 0.25) is 5.02 Å². The molecule has 164 valence electrons. The topological polar surface area (TPSA) is 55.1 Å². The first-order chi connectivity index (χ1) is 16.0. The Labute approximate surface area is 197 Å². The van der Waals surface area contributed by atoms with Gasteiger partial charge in [-0.15, -0.1) is 0 Å². The van der Waals surface area contributed by atoms with Crippen molar-refractivity contribution in [3.63, 3.8) is 0 Å². The van der Waals surface area contributed by atoms with Gasteiger partial charge in [-0.05, 0) is 71.1 Å². The van der Waals surface area contributed by atoms with E-state index in [1.54, 1.807) is 12.1 Å². The molecular weight excluding hydrogens is 432 g/mol. The van der Waals surface area contributed by atoms with Crippen molar-refractivity contribution in [2.45, 2.75) is 26.2 Å². The minimum Gasteiger partial charge on any atom is -0.436 e. The molecule has 0 aliphatic rings. The van der Waals surface area contributed by atoms with E-state index in [0.29, 0.717) is 28.1 Å². The molecule has 0 saturated heterocycles. The van der Waals surface area contributed by atoms with Gasteiger partial charge in [-0.1, -0.05) is 61.8 Å². The van der Waals surface area contributed by atoms with Crippen LogP contribution in [0.3, 0.4) is 0 Å². The molecule has 5 heteroatoms. The second-order valence-electron chi connectivity index (χ2n) is 8.27. The first-order valence-electron chi connectivity index (χ1n) is 11.0. The highest BCUT2D eigenvalue weighted by Gasteiger charge is 2.14. The Balaban J connectivity index is 1.44. The number of oxazole rings is 1. The monoisotopic (exact) mass is 454 g/mol. The van der Waals surface area contributed by atoms with Crippen LogP contribution < -0.4 is 5.32 Å². The van der Waals surface area contributed by atoms with Crippen LogP contribution in [0.4, 0.5) is 5.69 Å².